The maximum absolute atomic E-state index is 5.54. The van der Waals surface area contributed by atoms with Crippen LogP contribution >= 0.6 is 0 Å². The van der Waals surface area contributed by atoms with Crippen LogP contribution in [0.25, 0.3) is 0 Å². The highest BCUT2D eigenvalue weighted by atomic mass is 15.0. The van der Waals surface area contributed by atoms with Gasteiger partial charge in [-0.25, -0.2) is 9.97 Å². The van der Waals surface area contributed by atoms with E-state index >= 15 is 0 Å². The molecule has 2 N–H and O–H groups in total. The van der Waals surface area contributed by atoms with Gasteiger partial charge in [0.05, 0.1) is 11.4 Å². The Bertz CT molecular complexity index is 348. The highest BCUT2D eigenvalue weighted by Crippen LogP contribution is 2.20. The van der Waals surface area contributed by atoms with Gasteiger partial charge in [0.25, 0.3) is 0 Å². The number of hydrogen-bond donors (Lipinski definition) is 1. The van der Waals surface area contributed by atoms with E-state index in [0.29, 0.717) is 11.9 Å². The SMILES string of the molecule is CCC(C)C=Nc1c(C)nc(N)nc1C. The fourth-order valence-electron chi connectivity index (χ4n) is 1.23. The minimum atomic E-state index is 0.312. The van der Waals surface area contributed by atoms with E-state index in [1.54, 1.807) is 0 Å². The van der Waals surface area contributed by atoms with Gasteiger partial charge in [-0.1, -0.05) is 13.8 Å². The van der Waals surface area contributed by atoms with E-state index in [1.807, 2.05) is 20.1 Å². The highest BCUT2D eigenvalue weighted by molar-refractivity contribution is 5.67. The van der Waals surface area contributed by atoms with Crippen LogP contribution in [0.5, 0.6) is 0 Å². The number of aliphatic imine (C=N–C) groups is 1. The second-order valence-corrected chi connectivity index (χ2v) is 3.76. The molecule has 15 heavy (non-hydrogen) atoms. The first-order valence-electron chi connectivity index (χ1n) is 5.19. The summed E-state index contributed by atoms with van der Waals surface area (Å²) in [4.78, 5) is 12.6. The van der Waals surface area contributed by atoms with Crippen molar-refractivity contribution in [3.63, 3.8) is 0 Å². The molecule has 0 spiro atoms. The molecule has 82 valence electrons. The molecule has 1 unspecified atom stereocenters. The summed E-state index contributed by atoms with van der Waals surface area (Å²) in [7, 11) is 0. The van der Waals surface area contributed by atoms with Crippen LogP contribution < -0.4 is 5.73 Å². The van der Waals surface area contributed by atoms with Crippen molar-refractivity contribution in [3.8, 4) is 0 Å². The minimum Gasteiger partial charge on any atom is -0.368 e. The normalized spacial score (nSPS) is 13.3. The van der Waals surface area contributed by atoms with Crippen LogP contribution in [0.1, 0.15) is 31.7 Å². The lowest BCUT2D eigenvalue weighted by atomic mass is 10.1. The summed E-state index contributed by atoms with van der Waals surface area (Å²) in [5, 5.41) is 0. The third-order valence-electron chi connectivity index (χ3n) is 2.35. The monoisotopic (exact) mass is 206 g/mol. The van der Waals surface area contributed by atoms with Gasteiger partial charge in [0.2, 0.25) is 5.95 Å². The number of hydrogen-bond acceptors (Lipinski definition) is 4. The Labute approximate surface area is 90.7 Å². The number of nitrogens with zero attached hydrogens (tertiary/aromatic N) is 3. The standard InChI is InChI=1S/C11H18N4/c1-5-7(2)6-13-10-8(3)14-11(12)15-9(10)4/h6-7H,5H2,1-4H3,(H2,12,14,15). The molecule has 0 amide bonds. The minimum absolute atomic E-state index is 0.312. The van der Waals surface area contributed by atoms with Gasteiger partial charge < -0.3 is 5.73 Å². The molecule has 4 heteroatoms. The number of nitrogen functional groups attached to an aromatic ring is 1. The van der Waals surface area contributed by atoms with E-state index in [4.69, 9.17) is 5.73 Å². The van der Waals surface area contributed by atoms with Crippen molar-refractivity contribution in [2.24, 2.45) is 10.9 Å². The van der Waals surface area contributed by atoms with E-state index in [9.17, 15) is 0 Å². The average molecular weight is 206 g/mol. The first-order valence-corrected chi connectivity index (χ1v) is 5.19. The van der Waals surface area contributed by atoms with Gasteiger partial charge in [-0.15, -0.1) is 0 Å². The first kappa shape index (κ1) is 11.6. The summed E-state index contributed by atoms with van der Waals surface area (Å²) in [5.74, 6) is 0.786. The van der Waals surface area contributed by atoms with E-state index in [2.05, 4.69) is 28.8 Å². The zero-order valence-corrected chi connectivity index (χ0v) is 9.78. The van der Waals surface area contributed by atoms with Crippen LogP contribution in [0.4, 0.5) is 11.6 Å². The predicted octanol–water partition coefficient (Wildman–Crippen LogP) is 2.42. The van der Waals surface area contributed by atoms with Gasteiger partial charge in [-0.3, -0.25) is 4.99 Å². The summed E-state index contributed by atoms with van der Waals surface area (Å²) < 4.78 is 0. The lowest BCUT2D eigenvalue weighted by Crippen LogP contribution is -2.00. The van der Waals surface area contributed by atoms with Crippen molar-refractivity contribution in [2.75, 3.05) is 5.73 Å². The molecule has 1 aromatic rings. The molecule has 1 atom stereocenters. The van der Waals surface area contributed by atoms with E-state index in [0.717, 1.165) is 23.5 Å². The van der Waals surface area contributed by atoms with Crippen LogP contribution in [0.15, 0.2) is 4.99 Å². The smallest absolute Gasteiger partial charge is 0.220 e. The topological polar surface area (TPSA) is 64.2 Å². The van der Waals surface area contributed by atoms with Crippen molar-refractivity contribution < 1.29 is 0 Å². The zero-order valence-electron chi connectivity index (χ0n) is 9.78. The maximum atomic E-state index is 5.54. The number of aryl methyl sites for hydroxylation is 2. The van der Waals surface area contributed by atoms with Crippen molar-refractivity contribution in [3.05, 3.63) is 11.4 Å². The zero-order chi connectivity index (χ0) is 11.4. The molecule has 1 heterocycles. The third-order valence-corrected chi connectivity index (χ3v) is 2.35. The molecule has 0 saturated carbocycles. The molecule has 1 rings (SSSR count). The molecular weight excluding hydrogens is 188 g/mol. The lowest BCUT2D eigenvalue weighted by Gasteiger charge is -2.05. The number of anilines is 1. The lowest BCUT2D eigenvalue weighted by molar-refractivity contribution is 0.754. The van der Waals surface area contributed by atoms with Gasteiger partial charge in [-0.2, -0.15) is 0 Å². The summed E-state index contributed by atoms with van der Waals surface area (Å²) >= 11 is 0. The van der Waals surface area contributed by atoms with Gasteiger partial charge in [-0.05, 0) is 26.2 Å². The molecule has 0 aliphatic heterocycles. The summed E-state index contributed by atoms with van der Waals surface area (Å²) in [6, 6.07) is 0. The van der Waals surface area contributed by atoms with E-state index < -0.39 is 0 Å². The molecule has 0 radical (unpaired) electrons. The van der Waals surface area contributed by atoms with E-state index in [1.165, 1.54) is 0 Å². The van der Waals surface area contributed by atoms with Crippen LogP contribution in [0.2, 0.25) is 0 Å². The Morgan fingerprint density at radius 2 is 1.87 bits per heavy atom. The second-order valence-electron chi connectivity index (χ2n) is 3.76. The van der Waals surface area contributed by atoms with Gasteiger partial charge in [0, 0.05) is 6.21 Å². The average Bonchev–Trinajstić information content (AvgIpc) is 2.15. The largest absolute Gasteiger partial charge is 0.368 e. The molecule has 0 saturated heterocycles. The molecule has 4 nitrogen and oxygen atoms in total. The number of aromatic nitrogens is 2. The van der Waals surface area contributed by atoms with Crippen LogP contribution in [-0.4, -0.2) is 16.2 Å². The summed E-state index contributed by atoms with van der Waals surface area (Å²) in [6.07, 6.45) is 3.02. The number of rotatable bonds is 3. The molecular formula is C11H18N4. The first-order chi connectivity index (χ1) is 7.04. The number of nitrogens with two attached hydrogens (primary N) is 1. The van der Waals surface area contributed by atoms with Crippen molar-refractivity contribution >= 4 is 17.9 Å². The third kappa shape index (κ3) is 3.01. The Kier molecular flexibility index (Phi) is 3.77. The summed E-state index contributed by atoms with van der Waals surface area (Å²) in [6.45, 7) is 8.06. The molecule has 1 aromatic heterocycles. The van der Waals surface area contributed by atoms with Crippen molar-refractivity contribution in [1.82, 2.24) is 9.97 Å². The summed E-state index contributed by atoms with van der Waals surface area (Å²) in [5.41, 5.74) is 8.04. The van der Waals surface area contributed by atoms with Gasteiger partial charge >= 0.3 is 0 Å². The molecule has 0 aliphatic carbocycles. The maximum Gasteiger partial charge on any atom is 0.220 e. The van der Waals surface area contributed by atoms with Gasteiger partial charge in [0.15, 0.2) is 0 Å². The quantitative estimate of drug-likeness (QED) is 0.772. The Hall–Kier alpha value is -1.45. The fourth-order valence-corrected chi connectivity index (χ4v) is 1.23. The van der Waals surface area contributed by atoms with Crippen molar-refractivity contribution in [1.29, 1.82) is 0 Å². The van der Waals surface area contributed by atoms with Crippen LogP contribution in [-0.2, 0) is 0 Å². The predicted molar refractivity (Wildman–Crippen MR) is 63.5 cm³/mol. The Balaban J connectivity index is 3.00. The van der Waals surface area contributed by atoms with Crippen LogP contribution in [0, 0.1) is 19.8 Å². The molecule has 0 bridgehead atoms. The van der Waals surface area contributed by atoms with E-state index in [-0.39, 0.29) is 0 Å². The van der Waals surface area contributed by atoms with Gasteiger partial charge in [0.1, 0.15) is 5.69 Å². The Morgan fingerprint density at radius 1 is 1.33 bits per heavy atom. The van der Waals surface area contributed by atoms with Crippen molar-refractivity contribution in [2.45, 2.75) is 34.1 Å². The van der Waals surface area contributed by atoms with Crippen LogP contribution in [0.3, 0.4) is 0 Å². The fraction of sp³-hybridized carbons (Fsp3) is 0.545. The molecule has 0 fully saturated rings. The molecule has 0 aliphatic rings. The second kappa shape index (κ2) is 4.87. The highest BCUT2D eigenvalue weighted by Gasteiger charge is 2.05. The molecule has 0 aromatic carbocycles. The Morgan fingerprint density at radius 3 is 2.33 bits per heavy atom.